The highest BCUT2D eigenvalue weighted by atomic mass is 16.2. The molecular formula is C40H36N4O5. The second-order valence-corrected chi connectivity index (χ2v) is 14.0. The van der Waals surface area contributed by atoms with Gasteiger partial charge in [0.15, 0.2) is 11.6 Å². The summed E-state index contributed by atoms with van der Waals surface area (Å²) in [6.07, 6.45) is 4.29. The fraction of sp³-hybridized carbons (Fsp3) is 0.300. The van der Waals surface area contributed by atoms with E-state index in [2.05, 4.69) is 23.8 Å². The van der Waals surface area contributed by atoms with Crippen molar-refractivity contribution in [3.05, 3.63) is 109 Å². The third kappa shape index (κ3) is 4.37. The summed E-state index contributed by atoms with van der Waals surface area (Å²) >= 11 is 0. The number of fused-ring (bicyclic) bond motifs is 4. The van der Waals surface area contributed by atoms with Gasteiger partial charge in [-0.3, -0.25) is 24.0 Å². The lowest BCUT2D eigenvalue weighted by Crippen LogP contribution is -2.32. The minimum absolute atomic E-state index is 0.00836. The van der Waals surface area contributed by atoms with Gasteiger partial charge in [0.1, 0.15) is 11.7 Å². The molecule has 1 aromatic heterocycles. The summed E-state index contributed by atoms with van der Waals surface area (Å²) < 4.78 is 0. The molecule has 0 unspecified atom stereocenters. The van der Waals surface area contributed by atoms with Crippen molar-refractivity contribution in [3.8, 4) is 0 Å². The molecule has 2 amide bonds. The van der Waals surface area contributed by atoms with Crippen LogP contribution in [0.3, 0.4) is 0 Å². The number of hydrogen-bond donors (Lipinski definition) is 1. The van der Waals surface area contributed by atoms with Crippen LogP contribution < -0.4 is 15.4 Å². The average molecular weight is 653 g/mol. The van der Waals surface area contributed by atoms with Crippen molar-refractivity contribution in [2.45, 2.75) is 65.2 Å². The number of H-pyrrole nitrogens is 1. The van der Waals surface area contributed by atoms with E-state index in [4.69, 9.17) is 0 Å². The van der Waals surface area contributed by atoms with E-state index < -0.39 is 23.0 Å². The Hall–Kier alpha value is -5.44. The lowest BCUT2D eigenvalue weighted by atomic mass is 9.84. The number of ketones is 2. The number of carbonyl (C=O) groups is 4. The average Bonchev–Trinajstić information content (AvgIpc) is 3.76. The van der Waals surface area contributed by atoms with E-state index in [1.165, 1.54) is 10.5 Å². The zero-order chi connectivity index (χ0) is 34.6. The van der Waals surface area contributed by atoms with E-state index in [9.17, 15) is 24.0 Å². The van der Waals surface area contributed by atoms with Crippen molar-refractivity contribution in [1.29, 1.82) is 0 Å². The van der Waals surface area contributed by atoms with Crippen molar-refractivity contribution >= 4 is 56.4 Å². The number of nitrogens with one attached hydrogen (secondary N) is 1. The van der Waals surface area contributed by atoms with Crippen molar-refractivity contribution in [3.63, 3.8) is 0 Å². The monoisotopic (exact) mass is 652 g/mol. The molecule has 0 atom stereocenters. The summed E-state index contributed by atoms with van der Waals surface area (Å²) in [6.45, 7) is 8.24. The molecule has 0 saturated heterocycles. The van der Waals surface area contributed by atoms with Crippen LogP contribution in [0.5, 0.6) is 0 Å². The Balaban J connectivity index is 1.20. The Morgan fingerprint density at radius 3 is 1.84 bits per heavy atom. The fourth-order valence-corrected chi connectivity index (χ4v) is 8.21. The largest absolute Gasteiger partial charge is 0.378 e. The first-order valence-electron chi connectivity index (χ1n) is 16.8. The molecule has 246 valence electrons. The first-order chi connectivity index (χ1) is 23.4. The topological polar surface area (TPSA) is 121 Å². The Morgan fingerprint density at radius 1 is 0.714 bits per heavy atom. The van der Waals surface area contributed by atoms with Crippen molar-refractivity contribution in [1.82, 2.24) is 9.97 Å². The molecule has 9 nitrogen and oxygen atoms in total. The van der Waals surface area contributed by atoms with Crippen LogP contribution in [0.4, 0.5) is 11.4 Å². The van der Waals surface area contributed by atoms with Crippen LogP contribution in [0.2, 0.25) is 0 Å². The third-order valence-corrected chi connectivity index (χ3v) is 11.2. The molecule has 0 spiro atoms. The lowest BCUT2D eigenvalue weighted by molar-refractivity contribution is 0.0880. The van der Waals surface area contributed by atoms with Gasteiger partial charge in [-0.2, -0.15) is 0 Å². The normalized spacial score (nSPS) is 16.5. The molecule has 4 aromatic carbocycles. The highest BCUT2D eigenvalue weighted by molar-refractivity contribution is 6.36. The summed E-state index contributed by atoms with van der Waals surface area (Å²) in [7, 11) is 3.73. The van der Waals surface area contributed by atoms with Gasteiger partial charge in [0.2, 0.25) is 0 Å². The van der Waals surface area contributed by atoms with Gasteiger partial charge in [-0.1, -0.05) is 12.8 Å². The van der Waals surface area contributed by atoms with E-state index >= 15 is 0 Å². The van der Waals surface area contributed by atoms with E-state index in [1.807, 2.05) is 38.9 Å². The Bertz CT molecular complexity index is 2360. The van der Waals surface area contributed by atoms with Gasteiger partial charge in [-0.25, -0.2) is 9.88 Å². The number of benzene rings is 4. The SMILES string of the molecule is Cc1c(C)c(C)c(N2C(=O)c3cc4cc5c(cc4cc3C2=O)C(=O)C(c2nc3ccc(N(C)C)cc3c(=O)[nH]2)C5=O)c(C2CCCC2)c1C. The first kappa shape index (κ1) is 30.9. The van der Waals surface area contributed by atoms with Crippen LogP contribution in [0.25, 0.3) is 21.7 Å². The zero-order valence-electron chi connectivity index (χ0n) is 28.4. The molecule has 1 N–H and O–H groups in total. The molecule has 1 fully saturated rings. The van der Waals surface area contributed by atoms with Crippen molar-refractivity contribution < 1.29 is 19.2 Å². The zero-order valence-corrected chi connectivity index (χ0v) is 28.4. The van der Waals surface area contributed by atoms with Crippen LogP contribution in [0, 0.1) is 27.7 Å². The molecule has 0 radical (unpaired) electrons. The molecule has 1 aliphatic heterocycles. The van der Waals surface area contributed by atoms with Gasteiger partial charge in [0.25, 0.3) is 17.4 Å². The van der Waals surface area contributed by atoms with Crippen molar-refractivity contribution in [2.75, 3.05) is 23.9 Å². The number of anilines is 2. The predicted octanol–water partition coefficient (Wildman–Crippen LogP) is 7.00. The molecule has 8 rings (SSSR count). The van der Waals surface area contributed by atoms with Gasteiger partial charge in [-0.15, -0.1) is 0 Å². The van der Waals surface area contributed by atoms with E-state index in [0.29, 0.717) is 27.4 Å². The minimum Gasteiger partial charge on any atom is -0.378 e. The molecule has 5 aromatic rings. The third-order valence-electron chi connectivity index (χ3n) is 11.2. The van der Waals surface area contributed by atoms with Crippen molar-refractivity contribution in [2.24, 2.45) is 0 Å². The number of nitrogens with zero attached hydrogens (tertiary/aromatic N) is 3. The van der Waals surface area contributed by atoms with Crippen LogP contribution in [-0.4, -0.2) is 47.4 Å². The maximum Gasteiger partial charge on any atom is 0.266 e. The number of carbonyl (C=O) groups excluding carboxylic acids is 4. The van der Waals surface area contributed by atoms with E-state index in [0.717, 1.165) is 53.6 Å². The second-order valence-electron chi connectivity index (χ2n) is 14.0. The fourth-order valence-electron chi connectivity index (χ4n) is 8.21. The predicted molar refractivity (Wildman–Crippen MR) is 190 cm³/mol. The van der Waals surface area contributed by atoms with Crippen LogP contribution in [0.15, 0.2) is 47.3 Å². The van der Waals surface area contributed by atoms with Gasteiger partial charge in [0.05, 0.1) is 27.7 Å². The Morgan fingerprint density at radius 2 is 1.27 bits per heavy atom. The van der Waals surface area contributed by atoms with Crippen LogP contribution >= 0.6 is 0 Å². The number of aromatic nitrogens is 2. The highest BCUT2D eigenvalue weighted by Crippen LogP contribution is 2.47. The Kier molecular flexibility index (Phi) is 6.79. The lowest BCUT2D eigenvalue weighted by Gasteiger charge is -2.28. The number of Topliss-reactive ketones (excluding diaryl/α,β-unsaturated/α-hetero) is 2. The molecule has 2 heterocycles. The maximum absolute atomic E-state index is 14.2. The summed E-state index contributed by atoms with van der Waals surface area (Å²) in [4.78, 5) is 79.5. The molecule has 1 saturated carbocycles. The molecular weight excluding hydrogens is 616 g/mol. The van der Waals surface area contributed by atoms with Crippen LogP contribution in [-0.2, 0) is 0 Å². The summed E-state index contributed by atoms with van der Waals surface area (Å²) in [5.74, 6) is -2.74. The van der Waals surface area contributed by atoms with Gasteiger partial charge >= 0.3 is 0 Å². The van der Waals surface area contributed by atoms with Gasteiger partial charge < -0.3 is 9.88 Å². The van der Waals surface area contributed by atoms with Gasteiger partial charge in [0, 0.05) is 30.9 Å². The Labute approximate surface area is 282 Å². The number of hydrogen-bond acceptors (Lipinski definition) is 7. The molecule has 9 heteroatoms. The van der Waals surface area contributed by atoms with E-state index in [1.54, 1.807) is 36.4 Å². The summed E-state index contributed by atoms with van der Waals surface area (Å²) in [6, 6.07) is 11.8. The smallest absolute Gasteiger partial charge is 0.266 e. The second kappa shape index (κ2) is 10.8. The maximum atomic E-state index is 14.2. The summed E-state index contributed by atoms with van der Waals surface area (Å²) in [5, 5.41) is 1.50. The van der Waals surface area contributed by atoms with Gasteiger partial charge in [-0.05, 0) is 128 Å². The number of aromatic amines is 1. The minimum atomic E-state index is -1.30. The first-order valence-corrected chi connectivity index (χ1v) is 16.8. The molecule has 49 heavy (non-hydrogen) atoms. The molecule has 3 aliphatic rings. The number of amides is 2. The standard InChI is InChI=1S/C40H36N4O5/c1-18-19(2)21(4)34(32(20(18)3)22-9-7-8-10-22)44-39(48)28-15-23-13-26-27(14-24(23)16-29(28)40(44)49)36(46)33(35(26)45)37-41-31-12-11-25(43(5)6)17-30(31)38(47)42-37/h11-17,22,33H,7-10H2,1-6H3,(H,41,42,47). The number of imide groups is 1. The highest BCUT2D eigenvalue weighted by Gasteiger charge is 2.44. The molecule has 0 bridgehead atoms. The quantitative estimate of drug-likeness (QED) is 0.164. The van der Waals surface area contributed by atoms with E-state index in [-0.39, 0.29) is 45.8 Å². The van der Waals surface area contributed by atoms with Crippen LogP contribution in [0.1, 0.15) is 113 Å². The summed E-state index contributed by atoms with van der Waals surface area (Å²) in [5.41, 5.74) is 7.84. The molecule has 2 aliphatic carbocycles. The number of rotatable bonds is 4.